The zero-order valence-corrected chi connectivity index (χ0v) is 19.4. The highest BCUT2D eigenvalue weighted by molar-refractivity contribution is 7.49. The van der Waals surface area contributed by atoms with Crippen molar-refractivity contribution in [1.82, 2.24) is 4.90 Å². The van der Waals surface area contributed by atoms with E-state index in [9.17, 15) is 5.11 Å². The lowest BCUT2D eigenvalue weighted by Crippen LogP contribution is -2.43. The quantitative estimate of drug-likeness (QED) is 0.480. The Balaban J connectivity index is 2.03. The topological polar surface area (TPSA) is 58.7 Å². The first kappa shape index (κ1) is 24.4. The lowest BCUT2D eigenvalue weighted by molar-refractivity contribution is 0.0705. The number of hydrogen-bond acceptors (Lipinski definition) is 4. The molecule has 4 nitrogen and oxygen atoms in total. The molecule has 1 aliphatic rings. The average Bonchev–Trinajstić information content (AvgIpc) is 2.75. The van der Waals surface area contributed by atoms with Crippen LogP contribution >= 0.6 is 8.58 Å². The van der Waals surface area contributed by atoms with Gasteiger partial charge in [-0.25, -0.2) is 0 Å². The van der Waals surface area contributed by atoms with Crippen molar-refractivity contribution in [2.24, 2.45) is 5.73 Å². The first-order valence-corrected chi connectivity index (χ1v) is 12.0. The molecule has 1 heterocycles. The number of hydrogen-bond donors (Lipinski definition) is 2. The van der Waals surface area contributed by atoms with Crippen molar-refractivity contribution in [1.29, 1.82) is 0 Å². The van der Waals surface area contributed by atoms with Crippen LogP contribution in [-0.2, 0) is 4.74 Å². The van der Waals surface area contributed by atoms with Crippen molar-refractivity contribution in [3.8, 4) is 11.8 Å². The molecule has 1 saturated heterocycles. The van der Waals surface area contributed by atoms with Crippen molar-refractivity contribution >= 4 is 13.9 Å². The van der Waals surface area contributed by atoms with E-state index in [4.69, 9.17) is 10.5 Å². The third kappa shape index (κ3) is 7.42. The second kappa shape index (κ2) is 12.1. The number of rotatable bonds is 8. The van der Waals surface area contributed by atoms with E-state index >= 15 is 0 Å². The van der Waals surface area contributed by atoms with Crippen molar-refractivity contribution in [2.45, 2.75) is 44.8 Å². The van der Waals surface area contributed by atoms with E-state index in [2.05, 4.69) is 55.4 Å². The molecule has 0 aromatic heterocycles. The molecule has 3 N–H and O–H groups in total. The molecule has 2 rings (SSSR count). The van der Waals surface area contributed by atoms with Crippen LogP contribution in [0.2, 0.25) is 0 Å². The summed E-state index contributed by atoms with van der Waals surface area (Å²) < 4.78 is 5.38. The molecule has 1 fully saturated rings. The van der Waals surface area contributed by atoms with Crippen LogP contribution in [0, 0.1) is 11.8 Å². The first-order valence-electron chi connectivity index (χ1n) is 10.5. The molecule has 162 valence electrons. The maximum absolute atomic E-state index is 9.81. The Kier molecular flexibility index (Phi) is 9.82. The lowest BCUT2D eigenvalue weighted by atomic mass is 9.92. The lowest BCUT2D eigenvalue weighted by Gasteiger charge is -2.27. The number of aliphatic hydroxyl groups excluding tert-OH is 1. The van der Waals surface area contributed by atoms with Gasteiger partial charge in [-0.3, -0.25) is 0 Å². The summed E-state index contributed by atoms with van der Waals surface area (Å²) in [5.74, 6) is 6.49. The van der Waals surface area contributed by atoms with Gasteiger partial charge in [-0.2, -0.15) is 0 Å². The molecule has 1 aliphatic heterocycles. The molecule has 0 radical (unpaired) electrons. The number of ether oxygens (including phenoxy) is 1. The Morgan fingerprint density at radius 3 is 2.60 bits per heavy atom. The summed E-state index contributed by atoms with van der Waals surface area (Å²) in [5.41, 5.74) is 8.85. The van der Waals surface area contributed by atoms with Crippen molar-refractivity contribution < 1.29 is 9.84 Å². The van der Waals surface area contributed by atoms with Crippen LogP contribution in [0.5, 0.6) is 0 Å². The fraction of sp³-hybridized carbons (Fsp3) is 0.440. The fourth-order valence-corrected chi connectivity index (χ4v) is 4.04. The highest BCUT2D eigenvalue weighted by atomic mass is 31.1. The normalized spacial score (nSPS) is 17.7. The van der Waals surface area contributed by atoms with E-state index < -0.39 is 11.6 Å². The summed E-state index contributed by atoms with van der Waals surface area (Å²) in [7, 11) is 0.699. The second-order valence-electron chi connectivity index (χ2n) is 7.60. The number of benzene rings is 1. The predicted octanol–water partition coefficient (Wildman–Crippen LogP) is 4.32. The van der Waals surface area contributed by atoms with Gasteiger partial charge in [-0.05, 0) is 56.1 Å². The van der Waals surface area contributed by atoms with Crippen molar-refractivity contribution in [3.05, 3.63) is 66.0 Å². The Labute approximate surface area is 183 Å². The summed E-state index contributed by atoms with van der Waals surface area (Å²) in [6.07, 6.45) is 8.10. The minimum absolute atomic E-state index is 0.429. The molecule has 30 heavy (non-hydrogen) atoms. The summed E-state index contributed by atoms with van der Waals surface area (Å²) in [6, 6.07) is 8.41. The molecular weight excluding hydrogens is 391 g/mol. The van der Waals surface area contributed by atoms with Gasteiger partial charge in [0.1, 0.15) is 0 Å². The van der Waals surface area contributed by atoms with E-state index in [-0.39, 0.29) is 0 Å². The number of nitrogens with two attached hydrogens (primary N) is 1. The zero-order chi connectivity index (χ0) is 22.0. The van der Waals surface area contributed by atoms with E-state index in [1.54, 1.807) is 6.92 Å². The summed E-state index contributed by atoms with van der Waals surface area (Å²) in [6.45, 7) is 12.1. The molecule has 1 unspecified atom stereocenters. The van der Waals surface area contributed by atoms with Gasteiger partial charge in [0.05, 0.1) is 11.6 Å². The summed E-state index contributed by atoms with van der Waals surface area (Å²) >= 11 is 0. The van der Waals surface area contributed by atoms with Crippen LogP contribution in [0.4, 0.5) is 0 Å². The first-order chi connectivity index (χ1) is 14.4. The van der Waals surface area contributed by atoms with Gasteiger partial charge in [-0.15, -0.1) is 0 Å². The molecule has 5 heteroatoms. The Bertz CT molecular complexity index is 810. The Morgan fingerprint density at radius 1 is 1.37 bits per heavy atom. The van der Waals surface area contributed by atoms with E-state index in [1.165, 1.54) is 10.9 Å². The maximum Gasteiger partial charge on any atom is 0.0905 e. The van der Waals surface area contributed by atoms with E-state index in [0.717, 1.165) is 31.4 Å². The monoisotopic (exact) mass is 426 g/mol. The smallest absolute Gasteiger partial charge is 0.0905 e. The highest BCUT2D eigenvalue weighted by Gasteiger charge is 2.25. The van der Waals surface area contributed by atoms with Crippen LogP contribution in [0.1, 0.15) is 44.2 Å². The van der Waals surface area contributed by atoms with Crippen LogP contribution in [0.25, 0.3) is 5.31 Å². The second-order valence-corrected chi connectivity index (χ2v) is 8.63. The van der Waals surface area contributed by atoms with Gasteiger partial charge >= 0.3 is 0 Å². The number of allylic oxidation sites excluding steroid dienone is 1. The zero-order valence-electron chi connectivity index (χ0n) is 18.4. The van der Waals surface area contributed by atoms with Crippen LogP contribution < -0.4 is 5.73 Å². The molecule has 0 amide bonds. The number of nitrogens with zero attached hydrogens (tertiary/aromatic N) is 1. The van der Waals surface area contributed by atoms with Gasteiger partial charge in [0, 0.05) is 43.9 Å². The SMILES string of the molecule is C=C([C@H](C)O)N(/C=C\C)CC/C=C(\PC)c1ccc(C#CC2(N)CCOCC2)cc1. The van der Waals surface area contributed by atoms with Crippen molar-refractivity contribution in [2.75, 3.05) is 26.4 Å². The standard InChI is InChI=1S/C25H35N2O2P/c1-5-16-27(20(2)21(3)28)17-6-7-24(30-4)23-10-8-22(9-11-23)12-13-25(26)14-18-29-19-15-25/h5,7-11,16,21,28,30H,2,6,14-15,17-19,26H2,1,3-4H3/b16-5-,24-7-/t21-/m0/s1. The van der Waals surface area contributed by atoms with Gasteiger partial charge in [-0.1, -0.05) is 51.3 Å². The van der Waals surface area contributed by atoms with Gasteiger partial charge in [0.15, 0.2) is 0 Å². The van der Waals surface area contributed by atoms with Crippen molar-refractivity contribution in [3.63, 3.8) is 0 Å². The van der Waals surface area contributed by atoms with Gasteiger partial charge < -0.3 is 20.5 Å². The van der Waals surface area contributed by atoms with Crippen LogP contribution in [0.3, 0.4) is 0 Å². The Morgan fingerprint density at radius 2 is 2.03 bits per heavy atom. The van der Waals surface area contributed by atoms with Gasteiger partial charge in [0.25, 0.3) is 0 Å². The molecule has 1 aromatic rings. The summed E-state index contributed by atoms with van der Waals surface area (Å²) in [4.78, 5) is 2.01. The minimum atomic E-state index is -0.555. The molecule has 0 saturated carbocycles. The highest BCUT2D eigenvalue weighted by Crippen LogP contribution is 2.31. The van der Waals surface area contributed by atoms with Gasteiger partial charge in [0.2, 0.25) is 0 Å². The largest absolute Gasteiger partial charge is 0.387 e. The summed E-state index contributed by atoms with van der Waals surface area (Å²) in [5, 5.41) is 11.1. The van der Waals surface area contributed by atoms with E-state index in [0.29, 0.717) is 27.5 Å². The number of aliphatic hydroxyl groups is 1. The fourth-order valence-electron chi connectivity index (χ4n) is 3.24. The molecule has 0 spiro atoms. The van der Waals surface area contributed by atoms with Crippen LogP contribution in [0.15, 0.2) is 54.9 Å². The third-order valence-corrected chi connectivity index (χ3v) is 6.24. The molecule has 0 bridgehead atoms. The van der Waals surface area contributed by atoms with Crippen LogP contribution in [-0.4, -0.2) is 48.1 Å². The average molecular weight is 427 g/mol. The molecule has 0 aliphatic carbocycles. The predicted molar refractivity (Wildman–Crippen MR) is 129 cm³/mol. The minimum Gasteiger partial charge on any atom is -0.387 e. The molecule has 1 aromatic carbocycles. The van der Waals surface area contributed by atoms with E-state index in [1.807, 2.05) is 24.1 Å². The third-order valence-electron chi connectivity index (χ3n) is 5.20. The Hall–Kier alpha value is -1.89. The molecule has 2 atom stereocenters. The molecular formula is C25H35N2O2P. The maximum atomic E-state index is 9.81.